The van der Waals surface area contributed by atoms with Crippen molar-refractivity contribution in [3.05, 3.63) is 57.4 Å². The first-order valence-electron chi connectivity index (χ1n) is 8.04. The van der Waals surface area contributed by atoms with Crippen molar-refractivity contribution in [3.8, 4) is 0 Å². The minimum atomic E-state index is -1.12. The third-order valence-electron chi connectivity index (χ3n) is 3.99. The number of aliphatic carboxylic acids is 1. The third kappa shape index (κ3) is 4.65. The molecule has 0 spiro atoms. The van der Waals surface area contributed by atoms with E-state index in [1.807, 2.05) is 6.07 Å². The first-order valence-corrected chi connectivity index (χ1v) is 8.04. The van der Waals surface area contributed by atoms with Crippen LogP contribution in [0.3, 0.4) is 0 Å². The van der Waals surface area contributed by atoms with Crippen LogP contribution in [0.25, 0.3) is 0 Å². The highest BCUT2D eigenvalue weighted by Gasteiger charge is 2.23. The van der Waals surface area contributed by atoms with Gasteiger partial charge >= 0.3 is 11.7 Å². The molecule has 0 aliphatic carbocycles. The van der Waals surface area contributed by atoms with Gasteiger partial charge in [-0.1, -0.05) is 30.3 Å². The van der Waals surface area contributed by atoms with Gasteiger partial charge in [0, 0.05) is 12.8 Å². The Kier molecular flexibility index (Phi) is 6.05. The smallest absolute Gasteiger partial charge is 0.326 e. The molecule has 0 bridgehead atoms. The Morgan fingerprint density at radius 3 is 2.50 bits per heavy atom. The van der Waals surface area contributed by atoms with Crippen LogP contribution in [0.4, 0.5) is 5.69 Å². The summed E-state index contributed by atoms with van der Waals surface area (Å²) >= 11 is 0. The molecule has 0 fully saturated rings. The Morgan fingerprint density at radius 2 is 1.96 bits per heavy atom. The van der Waals surface area contributed by atoms with Crippen molar-refractivity contribution in [2.75, 3.05) is 0 Å². The van der Waals surface area contributed by atoms with Gasteiger partial charge in [0.2, 0.25) is 5.91 Å². The highest BCUT2D eigenvalue weighted by atomic mass is 16.6. The minimum Gasteiger partial charge on any atom is -0.480 e. The van der Waals surface area contributed by atoms with E-state index in [4.69, 9.17) is 0 Å². The molecular weight excluding hydrogens is 340 g/mol. The van der Waals surface area contributed by atoms with Crippen LogP contribution in [0.2, 0.25) is 0 Å². The zero-order valence-electron chi connectivity index (χ0n) is 14.5. The third-order valence-corrected chi connectivity index (χ3v) is 3.99. The lowest BCUT2D eigenvalue weighted by Gasteiger charge is -2.15. The second-order valence-corrected chi connectivity index (χ2v) is 5.90. The summed E-state index contributed by atoms with van der Waals surface area (Å²) in [6, 6.07) is 7.96. The molecule has 0 unspecified atom stereocenters. The number of carbonyl (C=O) groups is 2. The molecule has 1 atom stereocenters. The Labute approximate surface area is 149 Å². The molecule has 0 aliphatic heterocycles. The molecule has 2 aromatic rings. The van der Waals surface area contributed by atoms with E-state index in [9.17, 15) is 24.8 Å². The molecule has 0 saturated carbocycles. The lowest BCUT2D eigenvalue weighted by molar-refractivity contribution is -0.386. The van der Waals surface area contributed by atoms with E-state index in [0.717, 1.165) is 5.56 Å². The summed E-state index contributed by atoms with van der Waals surface area (Å²) < 4.78 is 1.39. The van der Waals surface area contributed by atoms with Crippen molar-refractivity contribution in [2.24, 2.45) is 0 Å². The maximum absolute atomic E-state index is 12.1. The summed E-state index contributed by atoms with van der Waals surface area (Å²) in [5, 5.41) is 26.9. The molecule has 1 aromatic carbocycles. The van der Waals surface area contributed by atoms with Crippen molar-refractivity contribution >= 4 is 17.6 Å². The fourth-order valence-corrected chi connectivity index (χ4v) is 2.69. The average molecular weight is 360 g/mol. The zero-order valence-corrected chi connectivity index (χ0v) is 14.5. The second-order valence-electron chi connectivity index (χ2n) is 5.90. The summed E-state index contributed by atoms with van der Waals surface area (Å²) in [4.78, 5) is 34.0. The van der Waals surface area contributed by atoms with E-state index in [2.05, 4.69) is 10.4 Å². The van der Waals surface area contributed by atoms with E-state index in [0.29, 0.717) is 5.69 Å². The fourth-order valence-electron chi connectivity index (χ4n) is 2.69. The molecule has 2 N–H and O–H groups in total. The van der Waals surface area contributed by atoms with Crippen molar-refractivity contribution in [3.63, 3.8) is 0 Å². The normalized spacial score (nSPS) is 11.8. The molecule has 26 heavy (non-hydrogen) atoms. The van der Waals surface area contributed by atoms with E-state index in [-0.39, 0.29) is 30.8 Å². The number of rotatable bonds is 8. The molecular formula is C17H20N4O5. The maximum atomic E-state index is 12.1. The van der Waals surface area contributed by atoms with Gasteiger partial charge < -0.3 is 10.4 Å². The van der Waals surface area contributed by atoms with Gasteiger partial charge in [0.1, 0.15) is 17.4 Å². The highest BCUT2D eigenvalue weighted by Crippen LogP contribution is 2.21. The van der Waals surface area contributed by atoms with Crippen LogP contribution in [0.1, 0.15) is 23.4 Å². The van der Waals surface area contributed by atoms with Gasteiger partial charge in [-0.3, -0.25) is 19.6 Å². The van der Waals surface area contributed by atoms with E-state index < -0.39 is 22.8 Å². The number of carboxylic acids is 1. The number of nitro groups is 1. The van der Waals surface area contributed by atoms with Gasteiger partial charge in [0.15, 0.2) is 0 Å². The average Bonchev–Trinajstić information content (AvgIpc) is 2.87. The van der Waals surface area contributed by atoms with Crippen molar-refractivity contribution in [1.29, 1.82) is 0 Å². The molecule has 138 valence electrons. The van der Waals surface area contributed by atoms with Gasteiger partial charge in [-0.15, -0.1) is 0 Å². The molecule has 0 saturated heterocycles. The molecule has 2 rings (SSSR count). The predicted octanol–water partition coefficient (Wildman–Crippen LogP) is 1.61. The SMILES string of the molecule is Cc1nn(CCC(=O)N[C@@H](Cc2ccccc2)C(=O)O)c(C)c1[N+](=O)[O-]. The van der Waals surface area contributed by atoms with Crippen LogP contribution in [-0.4, -0.2) is 37.7 Å². The van der Waals surface area contributed by atoms with Gasteiger partial charge in [0.05, 0.1) is 11.5 Å². The monoisotopic (exact) mass is 360 g/mol. The molecule has 1 amide bonds. The number of aryl methyl sites for hydroxylation is 2. The number of hydrogen-bond donors (Lipinski definition) is 2. The quantitative estimate of drug-likeness (QED) is 0.544. The number of nitrogens with one attached hydrogen (secondary N) is 1. The molecule has 1 heterocycles. The summed E-state index contributed by atoms with van der Waals surface area (Å²) in [6.45, 7) is 3.22. The van der Waals surface area contributed by atoms with Crippen LogP contribution in [0.5, 0.6) is 0 Å². The largest absolute Gasteiger partial charge is 0.480 e. The summed E-state index contributed by atoms with van der Waals surface area (Å²) in [6.07, 6.45) is 0.144. The van der Waals surface area contributed by atoms with Crippen LogP contribution < -0.4 is 5.32 Å². The van der Waals surface area contributed by atoms with E-state index in [1.54, 1.807) is 31.2 Å². The summed E-state index contributed by atoms with van der Waals surface area (Å²) in [7, 11) is 0. The van der Waals surface area contributed by atoms with Crippen LogP contribution in [0.15, 0.2) is 30.3 Å². The lowest BCUT2D eigenvalue weighted by Crippen LogP contribution is -2.42. The Morgan fingerprint density at radius 1 is 1.31 bits per heavy atom. The molecule has 9 heteroatoms. The molecule has 0 radical (unpaired) electrons. The molecule has 9 nitrogen and oxygen atoms in total. The first kappa shape index (κ1) is 19.1. The van der Waals surface area contributed by atoms with Gasteiger partial charge in [0.25, 0.3) is 0 Å². The number of nitrogens with zero attached hydrogens (tertiary/aromatic N) is 3. The first-order chi connectivity index (χ1) is 12.3. The Balaban J connectivity index is 1.98. The lowest BCUT2D eigenvalue weighted by atomic mass is 10.1. The van der Waals surface area contributed by atoms with Gasteiger partial charge in [-0.2, -0.15) is 5.10 Å². The number of carbonyl (C=O) groups excluding carboxylic acids is 1. The summed E-state index contributed by atoms with van der Waals surface area (Å²) in [5.41, 5.74) is 1.37. The van der Waals surface area contributed by atoms with Crippen molar-refractivity contribution < 1.29 is 19.6 Å². The predicted molar refractivity (Wildman–Crippen MR) is 92.7 cm³/mol. The number of benzene rings is 1. The van der Waals surface area contributed by atoms with E-state index in [1.165, 1.54) is 11.6 Å². The standard InChI is InChI=1S/C17H20N4O5/c1-11-16(21(25)26)12(2)20(19-11)9-8-15(22)18-14(17(23)24)10-13-6-4-3-5-7-13/h3-7,14H,8-10H2,1-2H3,(H,18,22)(H,23,24)/t14-/m0/s1. The number of hydrogen-bond acceptors (Lipinski definition) is 5. The summed E-state index contributed by atoms with van der Waals surface area (Å²) in [5.74, 6) is -1.58. The topological polar surface area (TPSA) is 127 Å². The van der Waals surface area contributed by atoms with Crippen LogP contribution >= 0.6 is 0 Å². The van der Waals surface area contributed by atoms with Gasteiger partial charge in [-0.25, -0.2) is 4.79 Å². The number of aromatic nitrogens is 2. The molecule has 1 aromatic heterocycles. The maximum Gasteiger partial charge on any atom is 0.326 e. The van der Waals surface area contributed by atoms with Crippen LogP contribution in [-0.2, 0) is 22.6 Å². The van der Waals surface area contributed by atoms with E-state index >= 15 is 0 Å². The number of amides is 1. The zero-order chi connectivity index (χ0) is 19.3. The highest BCUT2D eigenvalue weighted by molar-refractivity contribution is 5.83. The van der Waals surface area contributed by atoms with Crippen LogP contribution in [0, 0.1) is 24.0 Å². The fraction of sp³-hybridized carbons (Fsp3) is 0.353. The molecule has 0 aliphatic rings. The Bertz CT molecular complexity index is 816. The Hall–Kier alpha value is -3.23. The van der Waals surface area contributed by atoms with Crippen molar-refractivity contribution in [1.82, 2.24) is 15.1 Å². The number of carboxylic acid groups (broad SMARTS) is 1. The minimum absolute atomic E-state index is 0.0301. The van der Waals surface area contributed by atoms with Gasteiger partial charge in [-0.05, 0) is 19.4 Å². The van der Waals surface area contributed by atoms with Crippen molar-refractivity contribution in [2.45, 2.75) is 39.3 Å². The second kappa shape index (κ2) is 8.24.